The first-order chi connectivity index (χ1) is 10.6. The van der Waals surface area contributed by atoms with E-state index in [9.17, 15) is 9.50 Å². The Morgan fingerprint density at radius 3 is 2.86 bits per heavy atom. The highest BCUT2D eigenvalue weighted by Crippen LogP contribution is 2.21. The molecule has 1 atom stereocenters. The molecule has 112 valence electrons. The predicted molar refractivity (Wildman–Crippen MR) is 77.1 cm³/mol. The Kier molecular flexibility index (Phi) is 3.88. The summed E-state index contributed by atoms with van der Waals surface area (Å²) >= 11 is 0. The summed E-state index contributed by atoms with van der Waals surface area (Å²) in [6, 6.07) is 9.71. The van der Waals surface area contributed by atoms with Crippen LogP contribution in [0.15, 0.2) is 42.6 Å². The van der Waals surface area contributed by atoms with Crippen molar-refractivity contribution in [2.75, 3.05) is 0 Å². The molecule has 0 unspecified atom stereocenters. The number of nitrogens with zero attached hydrogens (tertiary/aromatic N) is 5. The molecule has 0 aliphatic carbocycles. The monoisotopic (exact) mass is 299 g/mol. The lowest BCUT2D eigenvalue weighted by Gasteiger charge is -2.14. The number of tetrazole rings is 1. The summed E-state index contributed by atoms with van der Waals surface area (Å²) < 4.78 is 14.6. The molecule has 2 aromatic heterocycles. The van der Waals surface area contributed by atoms with Gasteiger partial charge in [-0.05, 0) is 52.7 Å². The van der Waals surface area contributed by atoms with Crippen molar-refractivity contribution in [1.82, 2.24) is 25.2 Å². The van der Waals surface area contributed by atoms with Gasteiger partial charge in [0.05, 0.1) is 12.6 Å². The number of aliphatic hydroxyl groups excluding tert-OH is 1. The minimum absolute atomic E-state index is 0.158. The molecule has 0 fully saturated rings. The third-order valence-electron chi connectivity index (χ3n) is 3.36. The Balaban J connectivity index is 1.86. The zero-order valence-electron chi connectivity index (χ0n) is 11.9. The molecule has 7 heteroatoms. The van der Waals surface area contributed by atoms with E-state index >= 15 is 0 Å². The first-order valence-corrected chi connectivity index (χ1v) is 6.77. The van der Waals surface area contributed by atoms with E-state index in [1.54, 1.807) is 31.3 Å². The van der Waals surface area contributed by atoms with Crippen LogP contribution in [0.2, 0.25) is 0 Å². The fraction of sp³-hybridized carbons (Fsp3) is 0.200. The van der Waals surface area contributed by atoms with Gasteiger partial charge in [0.2, 0.25) is 5.82 Å². The van der Waals surface area contributed by atoms with E-state index in [-0.39, 0.29) is 12.4 Å². The molecule has 0 aliphatic heterocycles. The highest BCUT2D eigenvalue weighted by molar-refractivity contribution is 5.47. The zero-order valence-corrected chi connectivity index (χ0v) is 11.9. The van der Waals surface area contributed by atoms with Crippen LogP contribution in [0.3, 0.4) is 0 Å². The summed E-state index contributed by atoms with van der Waals surface area (Å²) in [5, 5.41) is 21.8. The SMILES string of the molecule is Cc1cc(F)ccc1[C@@H](O)Cn1nnnc1-c1ccccn1. The van der Waals surface area contributed by atoms with E-state index < -0.39 is 6.10 Å². The Morgan fingerprint density at radius 2 is 2.14 bits per heavy atom. The van der Waals surface area contributed by atoms with E-state index in [1.165, 1.54) is 16.8 Å². The third kappa shape index (κ3) is 2.84. The summed E-state index contributed by atoms with van der Waals surface area (Å²) in [6.07, 6.45) is 0.807. The number of aryl methyl sites for hydroxylation is 1. The van der Waals surface area contributed by atoms with Gasteiger partial charge in [-0.15, -0.1) is 5.10 Å². The number of aliphatic hydroxyl groups is 1. The number of aromatic nitrogens is 5. The largest absolute Gasteiger partial charge is 0.386 e. The molecule has 0 bridgehead atoms. The number of benzene rings is 1. The molecule has 22 heavy (non-hydrogen) atoms. The smallest absolute Gasteiger partial charge is 0.200 e. The lowest BCUT2D eigenvalue weighted by molar-refractivity contribution is 0.150. The average Bonchev–Trinajstić information content (AvgIpc) is 2.96. The summed E-state index contributed by atoms with van der Waals surface area (Å²) in [6.45, 7) is 1.91. The second-order valence-corrected chi connectivity index (χ2v) is 4.92. The molecule has 0 spiro atoms. The molecular formula is C15H14FN5O. The molecule has 2 heterocycles. The molecule has 3 aromatic rings. The number of halogens is 1. The molecule has 0 radical (unpaired) electrons. The average molecular weight is 299 g/mol. The van der Waals surface area contributed by atoms with E-state index in [2.05, 4.69) is 20.5 Å². The van der Waals surface area contributed by atoms with Crippen molar-refractivity contribution in [2.45, 2.75) is 19.6 Å². The normalized spacial score (nSPS) is 12.3. The van der Waals surface area contributed by atoms with Gasteiger partial charge < -0.3 is 5.11 Å². The Bertz CT molecular complexity index is 775. The van der Waals surface area contributed by atoms with E-state index in [0.29, 0.717) is 22.6 Å². The van der Waals surface area contributed by atoms with Crippen LogP contribution in [0.5, 0.6) is 0 Å². The van der Waals surface area contributed by atoms with Crippen molar-refractivity contribution >= 4 is 0 Å². The Labute approximate surface area is 126 Å². The second kappa shape index (κ2) is 5.98. The Morgan fingerprint density at radius 1 is 1.27 bits per heavy atom. The first-order valence-electron chi connectivity index (χ1n) is 6.77. The predicted octanol–water partition coefficient (Wildman–Crippen LogP) is 1.92. The zero-order chi connectivity index (χ0) is 15.5. The highest BCUT2D eigenvalue weighted by atomic mass is 19.1. The van der Waals surface area contributed by atoms with E-state index in [4.69, 9.17) is 0 Å². The minimum atomic E-state index is -0.841. The molecule has 0 saturated heterocycles. The Hall–Kier alpha value is -2.67. The van der Waals surface area contributed by atoms with Crippen molar-refractivity contribution in [3.05, 3.63) is 59.5 Å². The maximum atomic E-state index is 13.1. The molecule has 1 aromatic carbocycles. The molecule has 0 amide bonds. The van der Waals surface area contributed by atoms with Gasteiger partial charge in [-0.1, -0.05) is 12.1 Å². The van der Waals surface area contributed by atoms with Crippen LogP contribution in [0.1, 0.15) is 17.2 Å². The maximum Gasteiger partial charge on any atom is 0.200 e. The van der Waals surface area contributed by atoms with E-state index in [1.807, 2.05) is 6.07 Å². The molecule has 0 aliphatic rings. The summed E-state index contributed by atoms with van der Waals surface area (Å²) in [5.41, 5.74) is 1.94. The highest BCUT2D eigenvalue weighted by Gasteiger charge is 2.16. The van der Waals surface area contributed by atoms with Crippen LogP contribution in [-0.4, -0.2) is 30.3 Å². The van der Waals surface area contributed by atoms with Crippen LogP contribution < -0.4 is 0 Å². The van der Waals surface area contributed by atoms with Crippen LogP contribution in [0.4, 0.5) is 4.39 Å². The second-order valence-electron chi connectivity index (χ2n) is 4.92. The molecule has 0 saturated carbocycles. The standard InChI is InChI=1S/C15H14FN5O/c1-10-8-11(16)5-6-12(10)14(22)9-21-15(18-19-20-21)13-4-2-3-7-17-13/h2-8,14,22H,9H2,1H3/t14-/m0/s1. The van der Waals surface area contributed by atoms with Crippen molar-refractivity contribution < 1.29 is 9.50 Å². The molecule has 3 rings (SSSR count). The van der Waals surface area contributed by atoms with Gasteiger partial charge in [-0.2, -0.15) is 0 Å². The van der Waals surface area contributed by atoms with Crippen molar-refractivity contribution in [1.29, 1.82) is 0 Å². The number of hydrogen-bond acceptors (Lipinski definition) is 5. The van der Waals surface area contributed by atoms with Crippen molar-refractivity contribution in [3.63, 3.8) is 0 Å². The van der Waals surface area contributed by atoms with Crippen LogP contribution in [-0.2, 0) is 6.54 Å². The fourth-order valence-corrected chi connectivity index (χ4v) is 2.28. The molecule has 1 N–H and O–H groups in total. The van der Waals surface area contributed by atoms with Gasteiger partial charge in [-0.25, -0.2) is 9.07 Å². The third-order valence-corrected chi connectivity index (χ3v) is 3.36. The summed E-state index contributed by atoms with van der Waals surface area (Å²) in [5.74, 6) is 0.143. The van der Waals surface area contributed by atoms with Gasteiger partial charge in [0.1, 0.15) is 11.5 Å². The summed E-state index contributed by atoms with van der Waals surface area (Å²) in [7, 11) is 0. The van der Waals surface area contributed by atoms with Gasteiger partial charge in [-0.3, -0.25) is 4.98 Å². The maximum absolute atomic E-state index is 13.1. The van der Waals surface area contributed by atoms with Crippen molar-refractivity contribution in [2.24, 2.45) is 0 Å². The van der Waals surface area contributed by atoms with Crippen LogP contribution in [0.25, 0.3) is 11.5 Å². The van der Waals surface area contributed by atoms with Crippen molar-refractivity contribution in [3.8, 4) is 11.5 Å². The van der Waals surface area contributed by atoms with Gasteiger partial charge in [0.15, 0.2) is 0 Å². The van der Waals surface area contributed by atoms with Gasteiger partial charge in [0.25, 0.3) is 0 Å². The molecular weight excluding hydrogens is 285 g/mol. The lowest BCUT2D eigenvalue weighted by Crippen LogP contribution is -2.13. The molecule has 6 nitrogen and oxygen atoms in total. The number of pyridine rings is 1. The van der Waals surface area contributed by atoms with Crippen LogP contribution in [0, 0.1) is 12.7 Å². The minimum Gasteiger partial charge on any atom is -0.386 e. The first kappa shape index (κ1) is 14.3. The fourth-order valence-electron chi connectivity index (χ4n) is 2.28. The summed E-state index contributed by atoms with van der Waals surface area (Å²) in [4.78, 5) is 4.20. The topological polar surface area (TPSA) is 76.7 Å². The van der Waals surface area contributed by atoms with Crippen LogP contribution >= 0.6 is 0 Å². The van der Waals surface area contributed by atoms with Gasteiger partial charge >= 0.3 is 0 Å². The number of hydrogen-bond donors (Lipinski definition) is 1. The van der Waals surface area contributed by atoms with Gasteiger partial charge in [0, 0.05) is 6.20 Å². The van der Waals surface area contributed by atoms with E-state index in [0.717, 1.165) is 0 Å². The lowest BCUT2D eigenvalue weighted by atomic mass is 10.0. The quantitative estimate of drug-likeness (QED) is 0.796. The number of rotatable bonds is 4.